The first-order valence-corrected chi connectivity index (χ1v) is 6.58. The van der Waals surface area contributed by atoms with Gasteiger partial charge < -0.3 is 5.32 Å². The fourth-order valence-electron chi connectivity index (χ4n) is 2.88. The van der Waals surface area contributed by atoms with Crippen LogP contribution in [0.3, 0.4) is 0 Å². The van der Waals surface area contributed by atoms with Crippen molar-refractivity contribution >= 4 is 0 Å². The summed E-state index contributed by atoms with van der Waals surface area (Å²) in [4.78, 5) is 2.58. The van der Waals surface area contributed by atoms with E-state index in [-0.39, 0.29) is 0 Å². The zero-order valence-electron chi connectivity index (χ0n) is 10.6. The molecule has 2 nitrogen and oxygen atoms in total. The van der Waals surface area contributed by atoms with Crippen molar-refractivity contribution in [3.8, 4) is 12.3 Å². The van der Waals surface area contributed by atoms with Crippen LogP contribution in [-0.2, 0) is 0 Å². The molecule has 1 saturated carbocycles. The average molecular weight is 220 g/mol. The molecule has 2 heteroatoms. The Morgan fingerprint density at radius 2 is 2.31 bits per heavy atom. The van der Waals surface area contributed by atoms with Crippen LogP contribution in [0.25, 0.3) is 0 Å². The van der Waals surface area contributed by atoms with Crippen molar-refractivity contribution in [3.05, 3.63) is 0 Å². The molecule has 2 fully saturated rings. The fourth-order valence-corrected chi connectivity index (χ4v) is 2.88. The third-order valence-electron chi connectivity index (χ3n) is 4.20. The molecule has 1 aliphatic heterocycles. The molecule has 0 radical (unpaired) electrons. The summed E-state index contributed by atoms with van der Waals surface area (Å²) in [5.41, 5.74) is 0.333. The lowest BCUT2D eigenvalue weighted by Crippen LogP contribution is -2.52. The second-order valence-corrected chi connectivity index (χ2v) is 5.70. The molecule has 0 aromatic rings. The summed E-state index contributed by atoms with van der Waals surface area (Å²) in [7, 11) is 0. The van der Waals surface area contributed by atoms with Gasteiger partial charge in [0.1, 0.15) is 0 Å². The lowest BCUT2D eigenvalue weighted by molar-refractivity contribution is 0.161. The van der Waals surface area contributed by atoms with E-state index in [4.69, 9.17) is 6.42 Å². The summed E-state index contributed by atoms with van der Waals surface area (Å²) >= 11 is 0. The van der Waals surface area contributed by atoms with E-state index in [1.165, 1.54) is 32.4 Å². The monoisotopic (exact) mass is 220 g/mol. The van der Waals surface area contributed by atoms with E-state index in [1.54, 1.807) is 0 Å². The number of nitrogens with zero attached hydrogens (tertiary/aromatic N) is 1. The zero-order chi connectivity index (χ0) is 11.6. The molecular formula is C14H24N2. The molecule has 2 atom stereocenters. The normalized spacial score (nSPS) is 34.1. The van der Waals surface area contributed by atoms with Crippen LogP contribution in [0, 0.1) is 18.3 Å². The quantitative estimate of drug-likeness (QED) is 0.730. The summed E-state index contributed by atoms with van der Waals surface area (Å²) in [6.45, 7) is 8.18. The minimum atomic E-state index is 0.333. The van der Waals surface area contributed by atoms with E-state index in [2.05, 4.69) is 30.0 Å². The Hall–Kier alpha value is -0.520. The van der Waals surface area contributed by atoms with Crippen LogP contribution in [0.2, 0.25) is 0 Å². The maximum absolute atomic E-state index is 5.42. The highest BCUT2D eigenvalue weighted by Gasteiger charge is 2.43. The second kappa shape index (κ2) is 4.77. The first kappa shape index (κ1) is 12.0. The van der Waals surface area contributed by atoms with Gasteiger partial charge in [-0.3, -0.25) is 4.90 Å². The summed E-state index contributed by atoms with van der Waals surface area (Å²) < 4.78 is 0. The van der Waals surface area contributed by atoms with Gasteiger partial charge in [-0.2, -0.15) is 0 Å². The summed E-state index contributed by atoms with van der Waals surface area (Å²) in [6, 6.07) is 0.531. The summed E-state index contributed by atoms with van der Waals surface area (Å²) in [5, 5.41) is 3.75. The zero-order valence-corrected chi connectivity index (χ0v) is 10.6. The van der Waals surface area contributed by atoms with Crippen molar-refractivity contribution in [3.63, 3.8) is 0 Å². The van der Waals surface area contributed by atoms with Crippen molar-refractivity contribution in [1.82, 2.24) is 10.2 Å². The molecule has 2 unspecified atom stereocenters. The molecule has 0 spiro atoms. The Labute approximate surface area is 99.8 Å². The van der Waals surface area contributed by atoms with Gasteiger partial charge >= 0.3 is 0 Å². The molecule has 1 heterocycles. The SMILES string of the molecule is C#CCC(C)N1CCCNC(C)(C2CC2)C1. The highest BCUT2D eigenvalue weighted by Crippen LogP contribution is 2.40. The van der Waals surface area contributed by atoms with Crippen molar-refractivity contribution in [1.29, 1.82) is 0 Å². The standard InChI is InChI=1S/C14H24N2/c1-4-6-12(2)16-10-5-9-15-14(3,11-16)13-7-8-13/h1,12-13,15H,5-11H2,2-3H3. The van der Waals surface area contributed by atoms with E-state index in [0.29, 0.717) is 11.6 Å². The van der Waals surface area contributed by atoms with Gasteiger partial charge in [-0.25, -0.2) is 0 Å². The second-order valence-electron chi connectivity index (χ2n) is 5.70. The van der Waals surface area contributed by atoms with E-state index in [1.807, 2.05) is 0 Å². The molecule has 0 bridgehead atoms. The number of hydrogen-bond acceptors (Lipinski definition) is 2. The predicted molar refractivity (Wildman–Crippen MR) is 68.2 cm³/mol. The molecule has 2 aliphatic rings. The van der Waals surface area contributed by atoms with E-state index in [9.17, 15) is 0 Å². The smallest absolute Gasteiger partial charge is 0.0308 e. The molecule has 0 aromatic heterocycles. The predicted octanol–water partition coefficient (Wildman–Crippen LogP) is 1.86. The summed E-state index contributed by atoms with van der Waals surface area (Å²) in [6.07, 6.45) is 10.4. The van der Waals surface area contributed by atoms with Crippen LogP contribution in [0.1, 0.15) is 39.5 Å². The molecule has 1 N–H and O–H groups in total. The molecule has 16 heavy (non-hydrogen) atoms. The number of rotatable bonds is 3. The largest absolute Gasteiger partial charge is 0.310 e. The van der Waals surface area contributed by atoms with E-state index < -0.39 is 0 Å². The Kier molecular flexibility index (Phi) is 3.56. The van der Waals surface area contributed by atoms with E-state index >= 15 is 0 Å². The third-order valence-corrected chi connectivity index (χ3v) is 4.20. The van der Waals surface area contributed by atoms with Gasteiger partial charge in [0.25, 0.3) is 0 Å². The Balaban J connectivity index is 2.00. The lowest BCUT2D eigenvalue weighted by atomic mass is 9.94. The fraction of sp³-hybridized carbons (Fsp3) is 0.857. The van der Waals surface area contributed by atoms with Crippen molar-refractivity contribution in [2.75, 3.05) is 19.6 Å². The lowest BCUT2D eigenvalue weighted by Gasteiger charge is -2.36. The number of nitrogens with one attached hydrogen (secondary N) is 1. The van der Waals surface area contributed by atoms with Gasteiger partial charge in [-0.15, -0.1) is 12.3 Å². The summed E-state index contributed by atoms with van der Waals surface area (Å²) in [5.74, 6) is 3.69. The van der Waals surface area contributed by atoms with Gasteiger partial charge in [0, 0.05) is 24.5 Å². The highest BCUT2D eigenvalue weighted by molar-refractivity contribution is 5.02. The Morgan fingerprint density at radius 1 is 1.56 bits per heavy atom. The van der Waals surface area contributed by atoms with Gasteiger partial charge in [0.15, 0.2) is 0 Å². The number of hydrogen-bond donors (Lipinski definition) is 1. The van der Waals surface area contributed by atoms with Crippen molar-refractivity contribution in [2.45, 2.75) is 51.1 Å². The van der Waals surface area contributed by atoms with Crippen LogP contribution < -0.4 is 5.32 Å². The van der Waals surface area contributed by atoms with Crippen LogP contribution in [0.5, 0.6) is 0 Å². The third kappa shape index (κ3) is 2.59. The number of terminal acetylenes is 1. The molecular weight excluding hydrogens is 196 g/mol. The molecule has 2 rings (SSSR count). The minimum Gasteiger partial charge on any atom is -0.310 e. The molecule has 90 valence electrons. The van der Waals surface area contributed by atoms with Gasteiger partial charge in [0.2, 0.25) is 0 Å². The molecule has 0 amide bonds. The van der Waals surface area contributed by atoms with Crippen LogP contribution in [-0.4, -0.2) is 36.1 Å². The van der Waals surface area contributed by atoms with Gasteiger partial charge in [-0.1, -0.05) is 0 Å². The van der Waals surface area contributed by atoms with Crippen molar-refractivity contribution < 1.29 is 0 Å². The maximum atomic E-state index is 5.42. The average Bonchev–Trinajstić information content (AvgIpc) is 3.03. The molecule has 0 aromatic carbocycles. The molecule has 1 saturated heterocycles. The van der Waals surface area contributed by atoms with Crippen molar-refractivity contribution in [2.24, 2.45) is 5.92 Å². The first-order valence-electron chi connectivity index (χ1n) is 6.58. The highest BCUT2D eigenvalue weighted by atomic mass is 15.2. The van der Waals surface area contributed by atoms with Crippen LogP contribution in [0.15, 0.2) is 0 Å². The van der Waals surface area contributed by atoms with Crippen LogP contribution >= 0.6 is 0 Å². The Morgan fingerprint density at radius 3 is 2.94 bits per heavy atom. The topological polar surface area (TPSA) is 15.3 Å². The van der Waals surface area contributed by atoms with Gasteiger partial charge in [0.05, 0.1) is 0 Å². The minimum absolute atomic E-state index is 0.333. The van der Waals surface area contributed by atoms with E-state index in [0.717, 1.165) is 18.9 Å². The Bertz CT molecular complexity index is 277. The van der Waals surface area contributed by atoms with Crippen LogP contribution in [0.4, 0.5) is 0 Å². The van der Waals surface area contributed by atoms with Gasteiger partial charge in [-0.05, 0) is 52.1 Å². The maximum Gasteiger partial charge on any atom is 0.0308 e. The first-order chi connectivity index (χ1) is 7.65. The molecule has 1 aliphatic carbocycles.